The summed E-state index contributed by atoms with van der Waals surface area (Å²) < 4.78 is 16.0. The molecule has 6 nitrogen and oxygen atoms in total. The fraction of sp³-hybridized carbons (Fsp3) is 0.357. The lowest BCUT2D eigenvalue weighted by atomic mass is 10.2. The van der Waals surface area contributed by atoms with Crippen LogP contribution in [-0.2, 0) is 0 Å². The van der Waals surface area contributed by atoms with E-state index in [1.54, 1.807) is 26.4 Å². The van der Waals surface area contributed by atoms with Gasteiger partial charge in [-0.25, -0.2) is 0 Å². The number of hydrogen-bond donors (Lipinski definition) is 0. The van der Waals surface area contributed by atoms with Crippen molar-refractivity contribution >= 4 is 11.8 Å². The van der Waals surface area contributed by atoms with Gasteiger partial charge in [0, 0.05) is 17.7 Å². The van der Waals surface area contributed by atoms with Crippen molar-refractivity contribution in [2.75, 3.05) is 20.0 Å². The van der Waals surface area contributed by atoms with E-state index in [-0.39, 0.29) is 0 Å². The average Bonchev–Trinajstić information content (AvgIpc) is 2.99. The Kier molecular flexibility index (Phi) is 5.46. The number of rotatable bonds is 7. The maximum atomic E-state index is 8.48. The normalized spacial score (nSPS) is 10.1. The lowest BCUT2D eigenvalue weighted by Crippen LogP contribution is -1.90. The highest BCUT2D eigenvalue weighted by Gasteiger charge is 2.12. The Labute approximate surface area is 127 Å². The fourth-order valence-corrected chi connectivity index (χ4v) is 2.36. The molecule has 0 saturated heterocycles. The Hall–Kier alpha value is -2.20. The van der Waals surface area contributed by atoms with Crippen molar-refractivity contribution in [1.29, 1.82) is 5.26 Å². The predicted octanol–water partition coefficient (Wildman–Crippen LogP) is 3.15. The molecule has 0 amide bonds. The predicted molar refractivity (Wildman–Crippen MR) is 78.4 cm³/mol. The van der Waals surface area contributed by atoms with Crippen LogP contribution in [0.1, 0.15) is 12.8 Å². The van der Waals surface area contributed by atoms with Crippen LogP contribution < -0.4 is 9.47 Å². The Morgan fingerprint density at radius 2 is 2.05 bits per heavy atom. The van der Waals surface area contributed by atoms with Gasteiger partial charge in [-0.15, -0.1) is 10.2 Å². The first-order valence-electron chi connectivity index (χ1n) is 6.34. The molecule has 0 radical (unpaired) electrons. The maximum absolute atomic E-state index is 8.48. The molecule has 2 rings (SSSR count). The number of nitrogens with zero attached hydrogens (tertiary/aromatic N) is 3. The molecule has 0 saturated carbocycles. The highest BCUT2D eigenvalue weighted by molar-refractivity contribution is 7.99. The van der Waals surface area contributed by atoms with Gasteiger partial charge in [-0.3, -0.25) is 0 Å². The van der Waals surface area contributed by atoms with Crippen LogP contribution in [0, 0.1) is 11.3 Å². The van der Waals surface area contributed by atoms with Gasteiger partial charge in [0.05, 0.1) is 20.3 Å². The van der Waals surface area contributed by atoms with Crippen LogP contribution >= 0.6 is 11.8 Å². The zero-order valence-corrected chi connectivity index (χ0v) is 12.6. The van der Waals surface area contributed by atoms with Gasteiger partial charge in [0.25, 0.3) is 5.22 Å². The summed E-state index contributed by atoms with van der Waals surface area (Å²) in [5.74, 6) is 2.46. The molecule has 7 heteroatoms. The molecule has 1 heterocycles. The van der Waals surface area contributed by atoms with E-state index in [0.717, 1.165) is 17.7 Å². The van der Waals surface area contributed by atoms with E-state index in [2.05, 4.69) is 16.3 Å². The SMILES string of the molecule is COc1ccc(-c2nnc(SCCCC#N)o2)cc1OC. The maximum Gasteiger partial charge on any atom is 0.276 e. The van der Waals surface area contributed by atoms with Crippen LogP contribution in [0.5, 0.6) is 11.5 Å². The average molecular weight is 305 g/mol. The van der Waals surface area contributed by atoms with Crippen LogP contribution in [0.3, 0.4) is 0 Å². The minimum Gasteiger partial charge on any atom is -0.493 e. The first kappa shape index (κ1) is 15.2. The summed E-state index contributed by atoms with van der Waals surface area (Å²) in [4.78, 5) is 0. The molecule has 0 aliphatic carbocycles. The van der Waals surface area contributed by atoms with Gasteiger partial charge in [0.15, 0.2) is 11.5 Å². The summed E-state index contributed by atoms with van der Waals surface area (Å²) in [6, 6.07) is 7.51. The summed E-state index contributed by atoms with van der Waals surface area (Å²) in [5, 5.41) is 17.0. The monoisotopic (exact) mass is 305 g/mol. The van der Waals surface area contributed by atoms with Crippen molar-refractivity contribution in [1.82, 2.24) is 10.2 Å². The van der Waals surface area contributed by atoms with E-state index in [0.29, 0.717) is 29.0 Å². The van der Waals surface area contributed by atoms with Gasteiger partial charge in [0.2, 0.25) is 5.89 Å². The summed E-state index contributed by atoms with van der Waals surface area (Å²) in [7, 11) is 3.16. The van der Waals surface area contributed by atoms with Crippen LogP contribution in [0.25, 0.3) is 11.5 Å². The van der Waals surface area contributed by atoms with Crippen molar-refractivity contribution < 1.29 is 13.9 Å². The standard InChI is InChI=1S/C14H15N3O3S/c1-18-11-6-5-10(9-12(11)19-2)13-16-17-14(20-13)21-8-4-3-7-15/h5-6,9H,3-4,8H2,1-2H3. The molecule has 1 aromatic carbocycles. The summed E-state index contributed by atoms with van der Waals surface area (Å²) in [5.41, 5.74) is 0.768. The zero-order chi connectivity index (χ0) is 15.1. The molecule has 1 aromatic heterocycles. The van der Waals surface area contributed by atoms with Crippen LogP contribution in [-0.4, -0.2) is 30.2 Å². The van der Waals surface area contributed by atoms with Gasteiger partial charge in [-0.05, 0) is 24.6 Å². The first-order chi connectivity index (χ1) is 10.3. The number of hydrogen-bond acceptors (Lipinski definition) is 7. The molecule has 0 unspecified atom stereocenters. The molecule has 0 fully saturated rings. The van der Waals surface area contributed by atoms with Crippen molar-refractivity contribution in [3.8, 4) is 29.0 Å². The number of ether oxygens (including phenoxy) is 2. The minimum absolute atomic E-state index is 0.429. The van der Waals surface area contributed by atoms with Gasteiger partial charge >= 0.3 is 0 Å². The number of benzene rings is 1. The molecule has 0 aliphatic heterocycles. The molecule has 0 N–H and O–H groups in total. The Bertz CT molecular complexity index is 637. The molecule has 110 valence electrons. The zero-order valence-electron chi connectivity index (χ0n) is 11.8. The fourth-order valence-electron chi connectivity index (χ4n) is 1.66. The molecular weight excluding hydrogens is 290 g/mol. The van der Waals surface area contributed by atoms with E-state index < -0.39 is 0 Å². The molecule has 0 aliphatic rings. The number of aromatic nitrogens is 2. The van der Waals surface area contributed by atoms with Crippen molar-refractivity contribution in [2.45, 2.75) is 18.1 Å². The lowest BCUT2D eigenvalue weighted by molar-refractivity contribution is 0.355. The van der Waals surface area contributed by atoms with Crippen LogP contribution in [0.2, 0.25) is 0 Å². The van der Waals surface area contributed by atoms with Gasteiger partial charge in [-0.2, -0.15) is 5.26 Å². The molecular formula is C14H15N3O3S. The third kappa shape index (κ3) is 3.89. The van der Waals surface area contributed by atoms with Crippen molar-refractivity contribution in [2.24, 2.45) is 0 Å². The molecule has 0 spiro atoms. The van der Waals surface area contributed by atoms with Gasteiger partial charge in [-0.1, -0.05) is 11.8 Å². The quantitative estimate of drug-likeness (QED) is 0.574. The summed E-state index contributed by atoms with van der Waals surface area (Å²) >= 11 is 1.45. The molecule has 0 bridgehead atoms. The van der Waals surface area contributed by atoms with Crippen molar-refractivity contribution in [3.63, 3.8) is 0 Å². The molecule has 21 heavy (non-hydrogen) atoms. The largest absolute Gasteiger partial charge is 0.493 e. The van der Waals surface area contributed by atoms with Gasteiger partial charge < -0.3 is 13.9 Å². The number of methoxy groups -OCH3 is 2. The highest BCUT2D eigenvalue weighted by atomic mass is 32.2. The van der Waals surface area contributed by atoms with E-state index in [4.69, 9.17) is 19.2 Å². The Morgan fingerprint density at radius 3 is 2.76 bits per heavy atom. The van der Waals surface area contributed by atoms with E-state index >= 15 is 0 Å². The summed E-state index contributed by atoms with van der Waals surface area (Å²) in [6.45, 7) is 0. The van der Waals surface area contributed by atoms with E-state index in [9.17, 15) is 0 Å². The molecule has 2 aromatic rings. The minimum atomic E-state index is 0.429. The number of thioether (sulfide) groups is 1. The van der Waals surface area contributed by atoms with Gasteiger partial charge in [0.1, 0.15) is 0 Å². The lowest BCUT2D eigenvalue weighted by Gasteiger charge is -2.07. The number of unbranched alkanes of at least 4 members (excludes halogenated alkanes) is 1. The second kappa shape index (κ2) is 7.55. The van der Waals surface area contributed by atoms with Crippen LogP contribution in [0.4, 0.5) is 0 Å². The third-order valence-electron chi connectivity index (χ3n) is 2.70. The number of nitriles is 1. The Balaban J connectivity index is 2.09. The third-order valence-corrected chi connectivity index (χ3v) is 3.60. The highest BCUT2D eigenvalue weighted by Crippen LogP contribution is 2.32. The van der Waals surface area contributed by atoms with E-state index in [1.165, 1.54) is 11.8 Å². The first-order valence-corrected chi connectivity index (χ1v) is 7.32. The Morgan fingerprint density at radius 1 is 1.24 bits per heavy atom. The molecule has 0 atom stereocenters. The smallest absolute Gasteiger partial charge is 0.276 e. The second-order valence-electron chi connectivity index (χ2n) is 4.05. The summed E-state index contributed by atoms with van der Waals surface area (Å²) in [6.07, 6.45) is 1.33. The van der Waals surface area contributed by atoms with Crippen LogP contribution in [0.15, 0.2) is 27.8 Å². The van der Waals surface area contributed by atoms with Crippen molar-refractivity contribution in [3.05, 3.63) is 18.2 Å². The second-order valence-corrected chi connectivity index (χ2v) is 5.10. The van der Waals surface area contributed by atoms with E-state index in [1.807, 2.05) is 6.07 Å². The topological polar surface area (TPSA) is 81.2 Å².